The van der Waals surface area contributed by atoms with E-state index < -0.39 is 0 Å². The van der Waals surface area contributed by atoms with Gasteiger partial charge in [0.2, 0.25) is 0 Å². The maximum atomic E-state index is 11.5. The van der Waals surface area contributed by atoms with Gasteiger partial charge < -0.3 is 10.2 Å². The van der Waals surface area contributed by atoms with Crippen LogP contribution in [-0.4, -0.2) is 22.4 Å². The smallest absolute Gasteiger partial charge is 0.0602 e. The third kappa shape index (κ3) is 2.65. The van der Waals surface area contributed by atoms with Crippen molar-refractivity contribution in [2.75, 3.05) is 0 Å². The van der Waals surface area contributed by atoms with Crippen LogP contribution in [0.1, 0.15) is 91.9 Å². The van der Waals surface area contributed by atoms with E-state index in [1.165, 1.54) is 44.9 Å². The fourth-order valence-electron chi connectivity index (χ4n) is 8.82. The van der Waals surface area contributed by atoms with Crippen LogP contribution in [0.4, 0.5) is 0 Å². The average Bonchev–Trinajstić information content (AvgIpc) is 2.96. The summed E-state index contributed by atoms with van der Waals surface area (Å²) in [7, 11) is 0. The van der Waals surface area contributed by atoms with Crippen molar-refractivity contribution in [2.24, 2.45) is 46.3 Å². The Morgan fingerprint density at radius 2 is 1.73 bits per heavy atom. The highest BCUT2D eigenvalue weighted by Gasteiger charge is 2.63. The summed E-state index contributed by atoms with van der Waals surface area (Å²) in [5, 5.41) is 21.7. The first-order valence-electron chi connectivity index (χ1n) is 11.7. The van der Waals surface area contributed by atoms with Crippen LogP contribution in [0.25, 0.3) is 0 Å². The first-order valence-corrected chi connectivity index (χ1v) is 11.7. The molecule has 0 aromatic heterocycles. The molecule has 0 amide bonds. The molecular formula is C24H42O2. The Balaban J connectivity index is 1.61. The van der Waals surface area contributed by atoms with Crippen LogP contribution >= 0.6 is 0 Å². The van der Waals surface area contributed by atoms with E-state index in [0.29, 0.717) is 23.2 Å². The zero-order valence-electron chi connectivity index (χ0n) is 17.6. The zero-order valence-corrected chi connectivity index (χ0v) is 17.6. The molecule has 4 aliphatic carbocycles. The predicted molar refractivity (Wildman–Crippen MR) is 107 cm³/mol. The van der Waals surface area contributed by atoms with Gasteiger partial charge in [-0.3, -0.25) is 0 Å². The second-order valence-electron chi connectivity index (χ2n) is 11.2. The lowest BCUT2D eigenvalue weighted by atomic mass is 9.43. The minimum atomic E-state index is -0.122. The molecule has 2 N–H and O–H groups in total. The average molecular weight is 363 g/mol. The van der Waals surface area contributed by atoms with Gasteiger partial charge in [-0.2, -0.15) is 0 Å². The van der Waals surface area contributed by atoms with Crippen molar-refractivity contribution in [1.29, 1.82) is 0 Å². The predicted octanol–water partition coefficient (Wildman–Crippen LogP) is 5.41. The monoisotopic (exact) mass is 362 g/mol. The molecule has 150 valence electrons. The topological polar surface area (TPSA) is 40.5 Å². The molecule has 4 fully saturated rings. The van der Waals surface area contributed by atoms with Crippen LogP contribution in [0.15, 0.2) is 0 Å². The molecule has 0 unspecified atom stereocenters. The summed E-state index contributed by atoms with van der Waals surface area (Å²) in [5.74, 6) is 4.37. The maximum absolute atomic E-state index is 11.5. The summed E-state index contributed by atoms with van der Waals surface area (Å²) in [4.78, 5) is 0. The lowest BCUT2D eigenvalue weighted by molar-refractivity contribution is -0.174. The van der Waals surface area contributed by atoms with Gasteiger partial charge >= 0.3 is 0 Å². The van der Waals surface area contributed by atoms with E-state index in [0.717, 1.165) is 37.0 Å². The lowest BCUT2D eigenvalue weighted by Crippen LogP contribution is -2.58. The Bertz CT molecular complexity index is 518. The molecule has 26 heavy (non-hydrogen) atoms. The lowest BCUT2D eigenvalue weighted by Gasteiger charge is -2.62. The molecule has 0 aliphatic heterocycles. The number of aliphatic hydroxyl groups excluding tert-OH is 2. The van der Waals surface area contributed by atoms with Gasteiger partial charge in [-0.1, -0.05) is 40.5 Å². The molecule has 10 atom stereocenters. The summed E-state index contributed by atoms with van der Waals surface area (Å²) >= 11 is 0. The number of aliphatic hydroxyl groups is 2. The molecule has 4 saturated carbocycles. The van der Waals surface area contributed by atoms with Crippen molar-refractivity contribution in [3.05, 3.63) is 0 Å². The van der Waals surface area contributed by atoms with E-state index in [4.69, 9.17) is 0 Å². The third-order valence-electron chi connectivity index (χ3n) is 10.2. The first kappa shape index (κ1) is 19.2. The number of hydrogen-bond donors (Lipinski definition) is 2. The molecule has 4 rings (SSSR count). The number of rotatable bonds is 3. The second-order valence-corrected chi connectivity index (χ2v) is 11.2. The fraction of sp³-hybridized carbons (Fsp3) is 1.00. The Hall–Kier alpha value is -0.0800. The minimum absolute atomic E-state index is 0.0749. The van der Waals surface area contributed by atoms with Gasteiger partial charge in [-0.25, -0.2) is 0 Å². The van der Waals surface area contributed by atoms with Crippen molar-refractivity contribution in [3.63, 3.8) is 0 Å². The van der Waals surface area contributed by atoms with Gasteiger partial charge in [0, 0.05) is 0 Å². The van der Waals surface area contributed by atoms with E-state index in [2.05, 4.69) is 27.7 Å². The highest BCUT2D eigenvalue weighted by atomic mass is 16.3. The highest BCUT2D eigenvalue weighted by Crippen LogP contribution is 2.68. The van der Waals surface area contributed by atoms with Gasteiger partial charge in [0.1, 0.15) is 0 Å². The molecule has 0 saturated heterocycles. The van der Waals surface area contributed by atoms with Gasteiger partial charge in [-0.05, 0) is 97.7 Å². The van der Waals surface area contributed by atoms with E-state index in [-0.39, 0.29) is 17.6 Å². The molecule has 0 aromatic rings. The van der Waals surface area contributed by atoms with E-state index in [1.54, 1.807) is 0 Å². The molecule has 2 nitrogen and oxygen atoms in total. The Morgan fingerprint density at radius 3 is 2.46 bits per heavy atom. The Kier molecular flexibility index (Phi) is 5.01. The van der Waals surface area contributed by atoms with E-state index >= 15 is 0 Å². The summed E-state index contributed by atoms with van der Waals surface area (Å²) in [6.07, 6.45) is 11.9. The Morgan fingerprint density at radius 1 is 0.962 bits per heavy atom. The molecule has 2 heteroatoms. The van der Waals surface area contributed by atoms with E-state index in [1.807, 2.05) is 0 Å². The molecule has 0 aromatic carbocycles. The maximum Gasteiger partial charge on any atom is 0.0602 e. The second kappa shape index (κ2) is 6.76. The molecule has 0 heterocycles. The number of hydrogen-bond acceptors (Lipinski definition) is 2. The van der Waals surface area contributed by atoms with Crippen molar-refractivity contribution in [2.45, 2.75) is 104 Å². The molecule has 4 aliphatic rings. The molecular weight excluding hydrogens is 320 g/mol. The minimum Gasteiger partial charge on any atom is -0.393 e. The molecule has 0 radical (unpaired) electrons. The van der Waals surface area contributed by atoms with Gasteiger partial charge in [0.15, 0.2) is 0 Å². The fourth-order valence-corrected chi connectivity index (χ4v) is 8.82. The SMILES string of the molecule is CCC[C@H](C)[C@H]1CC[C@H]2[C@@H]3CC[C@@H]4C[C@H](O)CC[C@]4(C)[C@H]3C[C@H](O)[C@]12C. The zero-order chi connectivity index (χ0) is 18.7. The summed E-state index contributed by atoms with van der Waals surface area (Å²) < 4.78 is 0. The van der Waals surface area contributed by atoms with Crippen LogP contribution in [0, 0.1) is 46.3 Å². The Labute approximate surface area is 161 Å². The quantitative estimate of drug-likeness (QED) is 0.704. The van der Waals surface area contributed by atoms with Crippen LogP contribution < -0.4 is 0 Å². The van der Waals surface area contributed by atoms with Gasteiger partial charge in [-0.15, -0.1) is 0 Å². The van der Waals surface area contributed by atoms with Gasteiger partial charge in [0.05, 0.1) is 12.2 Å². The summed E-state index contributed by atoms with van der Waals surface area (Å²) in [6, 6.07) is 0. The van der Waals surface area contributed by atoms with Crippen molar-refractivity contribution in [3.8, 4) is 0 Å². The van der Waals surface area contributed by atoms with E-state index in [9.17, 15) is 10.2 Å². The van der Waals surface area contributed by atoms with Gasteiger partial charge in [0.25, 0.3) is 0 Å². The van der Waals surface area contributed by atoms with Crippen molar-refractivity contribution >= 4 is 0 Å². The van der Waals surface area contributed by atoms with Crippen LogP contribution in [0.5, 0.6) is 0 Å². The molecule has 0 spiro atoms. The van der Waals surface area contributed by atoms with Crippen molar-refractivity contribution < 1.29 is 10.2 Å². The third-order valence-corrected chi connectivity index (χ3v) is 10.2. The highest BCUT2D eigenvalue weighted by molar-refractivity contribution is 5.12. The summed E-state index contributed by atoms with van der Waals surface area (Å²) in [6.45, 7) is 9.73. The molecule has 0 bridgehead atoms. The standard InChI is InChI=1S/C24H42O2/c1-5-6-15(2)19-9-10-20-18-8-7-16-13-17(25)11-12-23(16,3)21(18)14-22(26)24(19,20)4/h15-22,25-26H,5-14H2,1-4H3/t15-,16+,17+,18-,19+,20-,21-,22-,23-,24+/m0/s1. The number of fused-ring (bicyclic) bond motifs is 5. The summed E-state index contributed by atoms with van der Waals surface area (Å²) in [5.41, 5.74) is 0.505. The van der Waals surface area contributed by atoms with Crippen molar-refractivity contribution in [1.82, 2.24) is 0 Å². The normalized spacial score (nSPS) is 54.9. The largest absolute Gasteiger partial charge is 0.393 e. The van der Waals surface area contributed by atoms with Crippen LogP contribution in [0.3, 0.4) is 0 Å². The first-order chi connectivity index (χ1) is 12.3. The van der Waals surface area contributed by atoms with Crippen LogP contribution in [-0.2, 0) is 0 Å². The van der Waals surface area contributed by atoms with Crippen LogP contribution in [0.2, 0.25) is 0 Å².